The zero-order chi connectivity index (χ0) is 9.97. The van der Waals surface area contributed by atoms with Crippen LogP contribution in [0.15, 0.2) is 18.2 Å². The number of para-hydroxylation sites is 1. The van der Waals surface area contributed by atoms with E-state index in [4.69, 9.17) is 20.9 Å². The van der Waals surface area contributed by atoms with Gasteiger partial charge >= 0.3 is 7.12 Å². The van der Waals surface area contributed by atoms with Crippen LogP contribution in [0.1, 0.15) is 19.8 Å². The third-order valence-corrected chi connectivity index (χ3v) is 2.53. The Bertz CT molecular complexity index is 330. The summed E-state index contributed by atoms with van der Waals surface area (Å²) < 4.78 is 11.2. The normalized spacial score (nSPS) is 13.4. The number of rotatable bonds is 3. The summed E-state index contributed by atoms with van der Waals surface area (Å²) in [6.45, 7) is 2.15. The predicted molar refractivity (Wildman–Crippen MR) is 58.2 cm³/mol. The average Bonchev–Trinajstić information content (AvgIpc) is 2.59. The van der Waals surface area contributed by atoms with Gasteiger partial charge in [-0.3, -0.25) is 0 Å². The molecule has 1 aliphatic rings. The lowest BCUT2D eigenvalue weighted by atomic mass is 9.83. The summed E-state index contributed by atoms with van der Waals surface area (Å²) in [6, 6.07) is 5.56. The summed E-state index contributed by atoms with van der Waals surface area (Å²) in [5, 5.41) is 0.626. The molecule has 0 N–H and O–H groups in total. The van der Waals surface area contributed by atoms with Crippen molar-refractivity contribution in [3.8, 4) is 11.5 Å². The van der Waals surface area contributed by atoms with Gasteiger partial charge in [0, 0.05) is 6.32 Å². The molecule has 2 nitrogen and oxygen atoms in total. The lowest BCUT2D eigenvalue weighted by molar-refractivity contribution is 0.492. The van der Waals surface area contributed by atoms with Gasteiger partial charge in [-0.25, -0.2) is 0 Å². The fourth-order valence-corrected chi connectivity index (χ4v) is 1.69. The van der Waals surface area contributed by atoms with Gasteiger partial charge in [0.1, 0.15) is 5.75 Å². The third kappa shape index (κ3) is 1.83. The van der Waals surface area contributed by atoms with Crippen LogP contribution in [0.2, 0.25) is 11.3 Å². The number of hydrogen-bond acceptors (Lipinski definition) is 2. The highest BCUT2D eigenvalue weighted by atomic mass is 35.5. The number of hydrogen-bond donors (Lipinski definition) is 0. The molecule has 14 heavy (non-hydrogen) atoms. The van der Waals surface area contributed by atoms with E-state index in [0.717, 1.165) is 24.9 Å². The van der Waals surface area contributed by atoms with Crippen molar-refractivity contribution in [2.24, 2.45) is 0 Å². The Morgan fingerprint density at radius 2 is 2.21 bits per heavy atom. The van der Waals surface area contributed by atoms with Crippen molar-refractivity contribution in [1.29, 1.82) is 0 Å². The highest BCUT2D eigenvalue weighted by Gasteiger charge is 2.32. The van der Waals surface area contributed by atoms with Crippen LogP contribution in [-0.2, 0) is 0 Å². The topological polar surface area (TPSA) is 18.5 Å². The largest absolute Gasteiger partial charge is 0.594 e. The van der Waals surface area contributed by atoms with Crippen molar-refractivity contribution in [2.75, 3.05) is 0 Å². The van der Waals surface area contributed by atoms with Crippen molar-refractivity contribution in [1.82, 2.24) is 0 Å². The molecule has 0 amide bonds. The summed E-state index contributed by atoms with van der Waals surface area (Å²) in [5.41, 5.74) is 0. The maximum absolute atomic E-state index is 5.96. The van der Waals surface area contributed by atoms with Gasteiger partial charge in [0.25, 0.3) is 0 Å². The zero-order valence-corrected chi connectivity index (χ0v) is 8.88. The molecule has 0 aromatic heterocycles. The van der Waals surface area contributed by atoms with E-state index in [9.17, 15) is 0 Å². The van der Waals surface area contributed by atoms with Gasteiger partial charge in [-0.1, -0.05) is 37.4 Å². The number of benzene rings is 1. The molecular formula is C10H12BClO2. The van der Waals surface area contributed by atoms with E-state index < -0.39 is 0 Å². The minimum atomic E-state index is -0.148. The second-order valence-electron chi connectivity index (χ2n) is 3.37. The first-order valence-electron chi connectivity index (χ1n) is 4.93. The van der Waals surface area contributed by atoms with Gasteiger partial charge in [0.15, 0.2) is 5.75 Å². The van der Waals surface area contributed by atoms with E-state index in [-0.39, 0.29) is 7.12 Å². The van der Waals surface area contributed by atoms with Gasteiger partial charge in [-0.2, -0.15) is 0 Å². The van der Waals surface area contributed by atoms with E-state index in [1.54, 1.807) is 0 Å². The molecule has 0 radical (unpaired) electrons. The summed E-state index contributed by atoms with van der Waals surface area (Å²) in [4.78, 5) is 0. The first-order valence-corrected chi connectivity index (χ1v) is 5.31. The SMILES string of the molecule is CCCCB1Oc2cccc(Cl)c2O1. The highest BCUT2D eigenvalue weighted by Crippen LogP contribution is 2.40. The van der Waals surface area contributed by atoms with Crippen LogP contribution in [0.25, 0.3) is 0 Å². The van der Waals surface area contributed by atoms with E-state index >= 15 is 0 Å². The highest BCUT2D eigenvalue weighted by molar-refractivity contribution is 6.48. The Morgan fingerprint density at radius 3 is 2.93 bits per heavy atom. The van der Waals surface area contributed by atoms with Crippen molar-refractivity contribution < 1.29 is 9.31 Å². The summed E-state index contributed by atoms with van der Waals surface area (Å²) in [5.74, 6) is 1.45. The Hall–Kier alpha value is -0.825. The molecule has 1 aromatic carbocycles. The summed E-state index contributed by atoms with van der Waals surface area (Å²) in [6.07, 6.45) is 3.17. The van der Waals surface area contributed by atoms with Crippen LogP contribution in [-0.4, -0.2) is 7.12 Å². The Labute approximate surface area is 89.3 Å². The molecular weight excluding hydrogens is 198 g/mol. The van der Waals surface area contributed by atoms with Gasteiger partial charge < -0.3 is 9.31 Å². The minimum absolute atomic E-state index is 0.148. The van der Waals surface area contributed by atoms with Gasteiger partial charge in [0.05, 0.1) is 5.02 Å². The van der Waals surface area contributed by atoms with E-state index in [0.29, 0.717) is 10.8 Å². The molecule has 0 fully saturated rings. The molecule has 0 bridgehead atoms. The number of unbranched alkanes of at least 4 members (excludes halogenated alkanes) is 1. The smallest absolute Gasteiger partial charge is 0.523 e. The molecule has 2 rings (SSSR count). The van der Waals surface area contributed by atoms with E-state index in [1.807, 2.05) is 18.2 Å². The Morgan fingerprint density at radius 1 is 1.36 bits per heavy atom. The quantitative estimate of drug-likeness (QED) is 0.712. The molecule has 74 valence electrons. The molecule has 1 heterocycles. The number of fused-ring (bicyclic) bond motifs is 1. The summed E-state index contributed by atoms with van der Waals surface area (Å²) >= 11 is 5.96. The van der Waals surface area contributed by atoms with Crippen molar-refractivity contribution in [3.05, 3.63) is 23.2 Å². The maximum atomic E-state index is 5.96. The van der Waals surface area contributed by atoms with Gasteiger partial charge in [0.2, 0.25) is 0 Å². The molecule has 1 aromatic rings. The third-order valence-electron chi connectivity index (χ3n) is 2.23. The molecule has 4 heteroatoms. The van der Waals surface area contributed by atoms with Crippen LogP contribution >= 0.6 is 11.6 Å². The van der Waals surface area contributed by atoms with Crippen molar-refractivity contribution >= 4 is 18.7 Å². The van der Waals surface area contributed by atoms with Crippen LogP contribution in [0.5, 0.6) is 11.5 Å². The molecule has 0 aliphatic carbocycles. The van der Waals surface area contributed by atoms with Crippen LogP contribution < -0.4 is 9.31 Å². The van der Waals surface area contributed by atoms with Crippen molar-refractivity contribution in [3.63, 3.8) is 0 Å². The molecule has 1 aliphatic heterocycles. The van der Waals surface area contributed by atoms with Crippen LogP contribution in [0.4, 0.5) is 0 Å². The van der Waals surface area contributed by atoms with Gasteiger partial charge in [-0.05, 0) is 12.1 Å². The zero-order valence-electron chi connectivity index (χ0n) is 8.13. The fraction of sp³-hybridized carbons (Fsp3) is 0.400. The molecule has 0 spiro atoms. The second kappa shape index (κ2) is 4.14. The first-order chi connectivity index (χ1) is 6.81. The number of halogens is 1. The average molecular weight is 210 g/mol. The standard InChI is InChI=1S/C10H12BClO2/c1-2-3-7-11-13-9-6-4-5-8(12)10(9)14-11/h4-6H,2-3,7H2,1H3. The Balaban J connectivity index is 2.06. The Kier molecular flexibility index (Phi) is 2.87. The molecule has 0 atom stereocenters. The molecule has 0 saturated carbocycles. The second-order valence-corrected chi connectivity index (χ2v) is 3.78. The lowest BCUT2D eigenvalue weighted by Crippen LogP contribution is -2.23. The maximum Gasteiger partial charge on any atom is 0.594 e. The van der Waals surface area contributed by atoms with E-state index in [1.165, 1.54) is 0 Å². The predicted octanol–water partition coefficient (Wildman–Crippen LogP) is 3.40. The lowest BCUT2D eigenvalue weighted by Gasteiger charge is -2.02. The minimum Gasteiger partial charge on any atom is -0.523 e. The first kappa shape index (κ1) is 9.72. The van der Waals surface area contributed by atoms with Crippen LogP contribution in [0, 0.1) is 0 Å². The molecule has 0 unspecified atom stereocenters. The van der Waals surface area contributed by atoms with Crippen molar-refractivity contribution in [2.45, 2.75) is 26.1 Å². The molecule has 0 saturated heterocycles. The van der Waals surface area contributed by atoms with E-state index in [2.05, 4.69) is 6.92 Å². The monoisotopic (exact) mass is 210 g/mol. The van der Waals surface area contributed by atoms with Gasteiger partial charge in [-0.15, -0.1) is 0 Å². The van der Waals surface area contributed by atoms with Crippen LogP contribution in [0.3, 0.4) is 0 Å². The fourth-order valence-electron chi connectivity index (χ4n) is 1.48. The summed E-state index contributed by atoms with van der Waals surface area (Å²) in [7, 11) is -0.148.